The van der Waals surface area contributed by atoms with E-state index < -0.39 is 0 Å². The summed E-state index contributed by atoms with van der Waals surface area (Å²) in [5.74, 6) is 0.391. The molecule has 0 bridgehead atoms. The lowest BCUT2D eigenvalue weighted by Gasteiger charge is -2.25. The Balaban J connectivity index is -0.000000230. The Bertz CT molecular complexity index is 749. The molecule has 0 aliphatic rings. The second kappa shape index (κ2) is 24.3. The average Bonchev–Trinajstić information content (AvgIpc) is 2.93. The third-order valence-electron chi connectivity index (χ3n) is 6.71. The number of carbonyl (C=O) groups is 4. The van der Waals surface area contributed by atoms with Crippen molar-refractivity contribution in [3.05, 3.63) is 0 Å². The van der Waals surface area contributed by atoms with E-state index in [4.69, 9.17) is 9.47 Å². The van der Waals surface area contributed by atoms with Crippen LogP contribution in [-0.4, -0.2) is 113 Å². The average molecular weight is 605 g/mol. The van der Waals surface area contributed by atoms with Crippen LogP contribution in [0.25, 0.3) is 0 Å². The van der Waals surface area contributed by atoms with Gasteiger partial charge in [-0.05, 0) is 67.7 Å². The minimum atomic E-state index is -0.351. The van der Waals surface area contributed by atoms with Crippen molar-refractivity contribution in [3.8, 4) is 0 Å². The van der Waals surface area contributed by atoms with Crippen LogP contribution in [-0.2, 0) is 28.7 Å². The van der Waals surface area contributed by atoms with E-state index in [1.54, 1.807) is 38.0 Å². The van der Waals surface area contributed by atoms with Crippen LogP contribution in [0, 0.1) is 22.7 Å². The standard InChI is InChI=1S/C9H19NO2.C8H17NO2.C8H17NO.C7H15NO/c1-6-9(2,3)8(11)12-7-10(4)5;1-5-7(2)8(10)11-6-9(3)4;1-6-8(2,3)7(10)9(4)5;1-5-6(2)7(9)8(3)4/h6-7H2,1-5H3;7H,5-6H2,1-4H3;6H2,1-5H3;6H,5H2,1-4H3. The number of esters is 2. The molecule has 10 nitrogen and oxygen atoms in total. The van der Waals surface area contributed by atoms with Gasteiger partial charge in [-0.2, -0.15) is 0 Å². The number of hydrogen-bond donors (Lipinski definition) is 0. The van der Waals surface area contributed by atoms with Gasteiger partial charge < -0.3 is 19.3 Å². The van der Waals surface area contributed by atoms with Gasteiger partial charge in [-0.25, -0.2) is 0 Å². The molecule has 252 valence electrons. The predicted molar refractivity (Wildman–Crippen MR) is 174 cm³/mol. The van der Waals surface area contributed by atoms with Gasteiger partial charge in [0.15, 0.2) is 0 Å². The summed E-state index contributed by atoms with van der Waals surface area (Å²) in [5.41, 5.74) is -0.542. The van der Waals surface area contributed by atoms with Gasteiger partial charge in [-0.1, -0.05) is 55.4 Å². The van der Waals surface area contributed by atoms with Crippen molar-refractivity contribution in [2.75, 3.05) is 69.8 Å². The van der Waals surface area contributed by atoms with E-state index in [0.29, 0.717) is 13.5 Å². The monoisotopic (exact) mass is 605 g/mol. The van der Waals surface area contributed by atoms with Gasteiger partial charge >= 0.3 is 11.9 Å². The summed E-state index contributed by atoms with van der Waals surface area (Å²) in [6, 6.07) is 0. The summed E-state index contributed by atoms with van der Waals surface area (Å²) in [7, 11) is 14.6. The highest BCUT2D eigenvalue weighted by Crippen LogP contribution is 2.22. The smallest absolute Gasteiger partial charge is 0.312 e. The van der Waals surface area contributed by atoms with Crippen molar-refractivity contribution < 1.29 is 28.7 Å². The third-order valence-corrected chi connectivity index (χ3v) is 6.71. The molecular formula is C32H68N4O6. The van der Waals surface area contributed by atoms with Crippen molar-refractivity contribution in [2.45, 2.75) is 94.9 Å². The molecule has 2 unspecified atom stereocenters. The first kappa shape index (κ1) is 46.7. The van der Waals surface area contributed by atoms with E-state index in [1.165, 1.54) is 0 Å². The van der Waals surface area contributed by atoms with E-state index in [2.05, 4.69) is 0 Å². The largest absolute Gasteiger partial charge is 0.449 e. The summed E-state index contributed by atoms with van der Waals surface area (Å²) in [6.45, 7) is 20.3. The van der Waals surface area contributed by atoms with Gasteiger partial charge in [0.1, 0.15) is 13.5 Å². The van der Waals surface area contributed by atoms with Gasteiger partial charge in [0, 0.05) is 39.5 Å². The molecule has 42 heavy (non-hydrogen) atoms. The first-order chi connectivity index (χ1) is 19.0. The Morgan fingerprint density at radius 3 is 1.21 bits per heavy atom. The van der Waals surface area contributed by atoms with Gasteiger partial charge in [-0.3, -0.25) is 29.0 Å². The highest BCUT2D eigenvalue weighted by atomic mass is 16.5. The number of nitrogens with zero attached hydrogens (tertiary/aromatic N) is 4. The van der Waals surface area contributed by atoms with Crippen LogP contribution in [0.15, 0.2) is 0 Å². The van der Waals surface area contributed by atoms with Crippen molar-refractivity contribution in [2.24, 2.45) is 22.7 Å². The summed E-state index contributed by atoms with van der Waals surface area (Å²) >= 11 is 0. The minimum Gasteiger partial charge on any atom is -0.449 e. The van der Waals surface area contributed by atoms with Crippen molar-refractivity contribution in [1.29, 1.82) is 0 Å². The van der Waals surface area contributed by atoms with Gasteiger partial charge in [0.2, 0.25) is 11.8 Å². The molecule has 0 heterocycles. The topological polar surface area (TPSA) is 99.7 Å². The Labute approximate surface area is 259 Å². The van der Waals surface area contributed by atoms with Crippen LogP contribution in [0.2, 0.25) is 0 Å². The fourth-order valence-electron chi connectivity index (χ4n) is 2.40. The predicted octanol–water partition coefficient (Wildman–Crippen LogP) is 5.21. The van der Waals surface area contributed by atoms with Crippen molar-refractivity contribution in [1.82, 2.24) is 19.6 Å². The molecule has 0 saturated carbocycles. The van der Waals surface area contributed by atoms with Crippen LogP contribution in [0.5, 0.6) is 0 Å². The second-order valence-corrected chi connectivity index (χ2v) is 12.8. The lowest BCUT2D eigenvalue weighted by atomic mass is 9.89. The molecule has 0 aliphatic carbocycles. The quantitative estimate of drug-likeness (QED) is 0.221. The van der Waals surface area contributed by atoms with E-state index in [9.17, 15) is 19.2 Å². The lowest BCUT2D eigenvalue weighted by molar-refractivity contribution is -0.158. The molecule has 0 aromatic heterocycles. The molecule has 0 aromatic carbocycles. The fraction of sp³-hybridized carbons (Fsp3) is 0.875. The molecule has 10 heteroatoms. The minimum absolute atomic E-state index is 0.0231. The maximum absolute atomic E-state index is 11.4. The number of hydrogen-bond acceptors (Lipinski definition) is 8. The van der Waals surface area contributed by atoms with Crippen LogP contribution >= 0.6 is 0 Å². The number of rotatable bonds is 12. The summed E-state index contributed by atoms with van der Waals surface area (Å²) in [6.07, 6.45) is 3.46. The molecule has 0 spiro atoms. The highest BCUT2D eigenvalue weighted by Gasteiger charge is 2.27. The Hall–Kier alpha value is -2.20. The summed E-state index contributed by atoms with van der Waals surface area (Å²) < 4.78 is 9.99. The molecule has 0 radical (unpaired) electrons. The molecule has 0 rings (SSSR count). The molecule has 0 fully saturated rings. The van der Waals surface area contributed by atoms with Crippen LogP contribution in [0.3, 0.4) is 0 Å². The van der Waals surface area contributed by atoms with Gasteiger partial charge in [0.05, 0.1) is 11.3 Å². The first-order valence-corrected chi connectivity index (χ1v) is 15.0. The normalized spacial score (nSPS) is 12.3. The van der Waals surface area contributed by atoms with E-state index in [1.807, 2.05) is 107 Å². The number of ether oxygens (including phenoxy) is 2. The fourth-order valence-corrected chi connectivity index (χ4v) is 2.40. The molecule has 2 amide bonds. The van der Waals surface area contributed by atoms with E-state index >= 15 is 0 Å². The Morgan fingerprint density at radius 1 is 0.595 bits per heavy atom. The zero-order valence-corrected chi connectivity index (χ0v) is 30.6. The Kier molecular flexibility index (Phi) is 27.0. The van der Waals surface area contributed by atoms with E-state index in [-0.39, 0.29) is 46.4 Å². The first-order valence-electron chi connectivity index (χ1n) is 15.0. The lowest BCUT2D eigenvalue weighted by Crippen LogP contribution is -2.35. The van der Waals surface area contributed by atoms with Crippen molar-refractivity contribution in [3.63, 3.8) is 0 Å². The summed E-state index contributed by atoms with van der Waals surface area (Å²) in [4.78, 5) is 51.6. The Morgan fingerprint density at radius 2 is 0.976 bits per heavy atom. The number of carbonyl (C=O) groups excluding carboxylic acids is 4. The molecule has 0 saturated heterocycles. The maximum Gasteiger partial charge on any atom is 0.312 e. The van der Waals surface area contributed by atoms with Crippen LogP contribution in [0.1, 0.15) is 94.9 Å². The molecular weight excluding hydrogens is 536 g/mol. The number of amides is 2. The highest BCUT2D eigenvalue weighted by molar-refractivity contribution is 5.81. The SMILES string of the molecule is CCC(C)(C)C(=O)N(C)C.CCC(C)(C)C(=O)OCN(C)C.CCC(C)C(=O)N(C)C.CCC(C)C(=O)OCN(C)C. The molecule has 0 aliphatic heterocycles. The van der Waals surface area contributed by atoms with Crippen LogP contribution < -0.4 is 0 Å². The van der Waals surface area contributed by atoms with Gasteiger partial charge in [0.25, 0.3) is 0 Å². The van der Waals surface area contributed by atoms with Crippen molar-refractivity contribution >= 4 is 23.8 Å². The molecule has 0 aromatic rings. The molecule has 2 atom stereocenters. The van der Waals surface area contributed by atoms with Gasteiger partial charge in [-0.15, -0.1) is 0 Å². The second-order valence-electron chi connectivity index (χ2n) is 12.8. The van der Waals surface area contributed by atoms with E-state index in [0.717, 1.165) is 25.7 Å². The van der Waals surface area contributed by atoms with Crippen LogP contribution in [0.4, 0.5) is 0 Å². The summed E-state index contributed by atoms with van der Waals surface area (Å²) in [5, 5.41) is 0. The maximum atomic E-state index is 11.4. The third kappa shape index (κ3) is 24.4. The molecule has 0 N–H and O–H groups in total. The zero-order chi connectivity index (χ0) is 34.4. The zero-order valence-electron chi connectivity index (χ0n) is 30.6.